The second-order valence-electron chi connectivity index (χ2n) is 6.10. The van der Waals surface area contributed by atoms with Crippen LogP contribution in [0.3, 0.4) is 0 Å². The average molecular weight is 386 g/mol. The maximum Gasteiger partial charge on any atom is 0.293 e. The largest absolute Gasteiger partial charge is 0.457 e. The lowest BCUT2D eigenvalue weighted by Crippen LogP contribution is -2.27. The number of hydrogen-bond donors (Lipinski definition) is 0. The fourth-order valence-corrected chi connectivity index (χ4v) is 3.71. The van der Waals surface area contributed by atoms with E-state index in [9.17, 15) is 14.9 Å². The van der Waals surface area contributed by atoms with Gasteiger partial charge >= 0.3 is 0 Å². The van der Waals surface area contributed by atoms with Crippen molar-refractivity contribution in [2.45, 2.75) is 6.54 Å². The van der Waals surface area contributed by atoms with Crippen molar-refractivity contribution in [1.82, 2.24) is 4.90 Å². The molecular formula is C22H14N2O3S. The topological polar surface area (TPSA) is 74.3 Å². The molecule has 0 unspecified atom stereocenters. The van der Waals surface area contributed by atoms with Crippen LogP contribution in [0, 0.1) is 11.3 Å². The first kappa shape index (κ1) is 17.8. The van der Waals surface area contributed by atoms with Crippen LogP contribution in [-0.4, -0.2) is 16.0 Å². The number of amides is 2. The molecule has 28 heavy (non-hydrogen) atoms. The lowest BCUT2D eigenvalue weighted by Gasteiger charge is -2.13. The van der Waals surface area contributed by atoms with Crippen LogP contribution in [0.15, 0.2) is 76.1 Å². The van der Waals surface area contributed by atoms with Gasteiger partial charge in [0, 0.05) is 11.6 Å². The molecule has 2 amide bonds. The minimum absolute atomic E-state index is 0.0686. The molecule has 136 valence electrons. The monoisotopic (exact) mass is 386 g/mol. The van der Waals surface area contributed by atoms with E-state index in [-0.39, 0.29) is 17.7 Å². The molecule has 0 atom stereocenters. The molecule has 0 N–H and O–H groups in total. The van der Waals surface area contributed by atoms with Crippen LogP contribution in [0.1, 0.15) is 16.9 Å². The maximum atomic E-state index is 12.7. The van der Waals surface area contributed by atoms with Crippen molar-refractivity contribution in [3.63, 3.8) is 0 Å². The van der Waals surface area contributed by atoms with Crippen molar-refractivity contribution < 1.29 is 14.0 Å². The number of carbonyl (C=O) groups excluding carboxylic acids is 2. The first-order chi connectivity index (χ1) is 13.7. The summed E-state index contributed by atoms with van der Waals surface area (Å²) in [5.41, 5.74) is 2.02. The normalized spacial score (nSPS) is 15.2. The Morgan fingerprint density at radius 1 is 1.00 bits per heavy atom. The van der Waals surface area contributed by atoms with Crippen molar-refractivity contribution in [2.75, 3.05) is 0 Å². The fraction of sp³-hybridized carbons (Fsp3) is 0.0455. The third-order valence-electron chi connectivity index (χ3n) is 4.30. The molecule has 1 aliphatic rings. The van der Waals surface area contributed by atoms with E-state index in [4.69, 9.17) is 4.42 Å². The minimum Gasteiger partial charge on any atom is -0.457 e. The van der Waals surface area contributed by atoms with Crippen LogP contribution < -0.4 is 0 Å². The molecule has 3 aromatic rings. The van der Waals surface area contributed by atoms with Gasteiger partial charge in [-0.05, 0) is 35.5 Å². The van der Waals surface area contributed by atoms with E-state index in [0.717, 1.165) is 22.2 Å². The molecule has 0 spiro atoms. The number of nitriles is 1. The summed E-state index contributed by atoms with van der Waals surface area (Å²) in [6.45, 7) is 0.0686. The molecule has 1 aromatic heterocycles. The molecule has 2 aromatic carbocycles. The molecule has 6 heteroatoms. The predicted molar refractivity (Wildman–Crippen MR) is 107 cm³/mol. The van der Waals surface area contributed by atoms with Crippen molar-refractivity contribution in [3.8, 4) is 17.4 Å². The second-order valence-corrected chi connectivity index (χ2v) is 7.10. The van der Waals surface area contributed by atoms with Gasteiger partial charge in [-0.1, -0.05) is 48.5 Å². The van der Waals surface area contributed by atoms with Crippen LogP contribution in [0.5, 0.6) is 0 Å². The summed E-state index contributed by atoms with van der Waals surface area (Å²) in [5, 5.41) is 8.84. The summed E-state index contributed by atoms with van der Waals surface area (Å²) in [6.07, 6.45) is 1.58. The Bertz CT molecular complexity index is 1130. The van der Waals surface area contributed by atoms with Gasteiger partial charge in [0.1, 0.15) is 11.5 Å². The number of carbonyl (C=O) groups is 2. The van der Waals surface area contributed by atoms with E-state index in [2.05, 4.69) is 6.07 Å². The van der Waals surface area contributed by atoms with Crippen LogP contribution in [-0.2, 0) is 11.3 Å². The molecule has 1 saturated heterocycles. The van der Waals surface area contributed by atoms with E-state index >= 15 is 0 Å². The summed E-state index contributed by atoms with van der Waals surface area (Å²) >= 11 is 0.870. The van der Waals surface area contributed by atoms with Crippen LogP contribution >= 0.6 is 11.8 Å². The Kier molecular flexibility index (Phi) is 4.83. The summed E-state index contributed by atoms with van der Waals surface area (Å²) < 4.78 is 5.79. The number of imide groups is 1. The van der Waals surface area contributed by atoms with Gasteiger partial charge in [-0.15, -0.1) is 0 Å². The zero-order valence-corrected chi connectivity index (χ0v) is 15.5. The number of nitrogens with zero attached hydrogens (tertiary/aromatic N) is 2. The van der Waals surface area contributed by atoms with E-state index in [1.807, 2.05) is 36.4 Å². The maximum absolute atomic E-state index is 12.7. The van der Waals surface area contributed by atoms with Gasteiger partial charge in [0.05, 0.1) is 23.1 Å². The van der Waals surface area contributed by atoms with Gasteiger partial charge < -0.3 is 4.42 Å². The number of hydrogen-bond acceptors (Lipinski definition) is 5. The van der Waals surface area contributed by atoms with Gasteiger partial charge in [0.2, 0.25) is 0 Å². The fourth-order valence-electron chi connectivity index (χ4n) is 2.89. The molecule has 1 aliphatic heterocycles. The van der Waals surface area contributed by atoms with Crippen LogP contribution in [0.25, 0.3) is 17.4 Å². The quantitative estimate of drug-likeness (QED) is 0.586. The summed E-state index contributed by atoms with van der Waals surface area (Å²) in [5.74, 6) is 0.802. The Labute approximate surface area is 165 Å². The molecular weight excluding hydrogens is 372 g/mol. The Hall–Kier alpha value is -3.56. The van der Waals surface area contributed by atoms with Gasteiger partial charge in [0.15, 0.2) is 0 Å². The summed E-state index contributed by atoms with van der Waals surface area (Å²) in [6, 6.07) is 22.2. The van der Waals surface area contributed by atoms with E-state index in [0.29, 0.717) is 27.6 Å². The molecule has 5 nitrogen and oxygen atoms in total. The lowest BCUT2D eigenvalue weighted by molar-refractivity contribution is -0.123. The Morgan fingerprint density at radius 3 is 2.54 bits per heavy atom. The highest BCUT2D eigenvalue weighted by atomic mass is 32.2. The van der Waals surface area contributed by atoms with Crippen molar-refractivity contribution in [2.24, 2.45) is 0 Å². The third-order valence-corrected chi connectivity index (χ3v) is 5.21. The SMILES string of the molecule is N#Cc1ccccc1CN1C(=O)S/C(=C\c2ccc(-c3ccccc3)o2)C1=O. The molecule has 0 saturated carbocycles. The van der Waals surface area contributed by atoms with Crippen LogP contribution in [0.4, 0.5) is 4.79 Å². The Morgan fingerprint density at radius 2 is 1.75 bits per heavy atom. The summed E-state index contributed by atoms with van der Waals surface area (Å²) in [7, 11) is 0. The Balaban J connectivity index is 1.56. The molecule has 0 aliphatic carbocycles. The molecule has 1 fully saturated rings. The lowest BCUT2D eigenvalue weighted by atomic mass is 10.1. The van der Waals surface area contributed by atoms with Gasteiger partial charge in [-0.25, -0.2) is 0 Å². The standard InChI is InChI=1S/C22H14N2O3S/c23-13-16-8-4-5-9-17(16)14-24-21(25)20(28-22(24)26)12-18-10-11-19(27-18)15-6-2-1-3-7-15/h1-12H,14H2/b20-12-. The van der Waals surface area contributed by atoms with Crippen molar-refractivity contribution in [3.05, 3.63) is 88.5 Å². The van der Waals surface area contributed by atoms with E-state index in [1.54, 1.807) is 36.4 Å². The zero-order valence-electron chi connectivity index (χ0n) is 14.7. The molecule has 0 radical (unpaired) electrons. The predicted octanol–water partition coefficient (Wildman–Crippen LogP) is 5.05. The minimum atomic E-state index is -0.389. The van der Waals surface area contributed by atoms with E-state index in [1.165, 1.54) is 0 Å². The molecule has 2 heterocycles. The average Bonchev–Trinajstić information content (AvgIpc) is 3.29. The van der Waals surface area contributed by atoms with Crippen LogP contribution in [0.2, 0.25) is 0 Å². The highest BCUT2D eigenvalue weighted by Gasteiger charge is 2.35. The van der Waals surface area contributed by atoms with Gasteiger partial charge in [-0.3, -0.25) is 14.5 Å². The number of furan rings is 1. The van der Waals surface area contributed by atoms with Gasteiger partial charge in [-0.2, -0.15) is 5.26 Å². The smallest absolute Gasteiger partial charge is 0.293 e. The van der Waals surface area contributed by atoms with Gasteiger partial charge in [0.25, 0.3) is 11.1 Å². The number of rotatable bonds is 4. The number of thioether (sulfide) groups is 1. The van der Waals surface area contributed by atoms with Crippen molar-refractivity contribution >= 4 is 29.0 Å². The van der Waals surface area contributed by atoms with E-state index < -0.39 is 0 Å². The zero-order chi connectivity index (χ0) is 19.5. The molecule has 0 bridgehead atoms. The first-order valence-electron chi connectivity index (χ1n) is 8.54. The number of benzene rings is 2. The summed E-state index contributed by atoms with van der Waals surface area (Å²) in [4.78, 5) is 26.5. The molecule has 4 rings (SSSR count). The highest BCUT2D eigenvalue weighted by Crippen LogP contribution is 2.34. The highest BCUT2D eigenvalue weighted by molar-refractivity contribution is 8.18. The first-order valence-corrected chi connectivity index (χ1v) is 9.36. The second kappa shape index (κ2) is 7.59. The third kappa shape index (κ3) is 3.48. The van der Waals surface area contributed by atoms with Crippen molar-refractivity contribution in [1.29, 1.82) is 5.26 Å².